The normalized spacial score (nSPS) is 11.8. The van der Waals surface area contributed by atoms with Crippen LogP contribution in [0.25, 0.3) is 0 Å². The lowest BCUT2D eigenvalue weighted by atomic mass is 10.0. The number of carbonyl (C=O) groups is 2. The molecule has 0 heterocycles. The van der Waals surface area contributed by atoms with Gasteiger partial charge in [-0.3, -0.25) is 9.59 Å². The van der Waals surface area contributed by atoms with Gasteiger partial charge in [-0.15, -0.1) is 0 Å². The molecule has 0 aliphatic rings. The van der Waals surface area contributed by atoms with E-state index in [0.717, 1.165) is 0 Å². The van der Waals surface area contributed by atoms with E-state index in [1.54, 1.807) is 18.2 Å². The lowest BCUT2D eigenvalue weighted by molar-refractivity contribution is -0.123. The smallest absolute Gasteiger partial charge is 0.252 e. The van der Waals surface area contributed by atoms with Crippen LogP contribution in [-0.4, -0.2) is 52.2 Å². The zero-order chi connectivity index (χ0) is 18.1. The molecule has 1 unspecified atom stereocenters. The lowest BCUT2D eigenvalue weighted by Gasteiger charge is -2.22. The van der Waals surface area contributed by atoms with Gasteiger partial charge in [-0.25, -0.2) is 0 Å². The number of hydrogen-bond donors (Lipinski definition) is 3. The Hall–Kier alpha value is -2.28. The van der Waals surface area contributed by atoms with E-state index in [0.29, 0.717) is 30.2 Å². The number of likely N-dealkylation sites (N-methyl/N-ethyl adjacent to an activating group) is 1. The quantitative estimate of drug-likeness (QED) is 0.580. The Kier molecular flexibility index (Phi) is 8.05. The number of carbonyl (C=O) groups excluding carboxylic acids is 2. The van der Waals surface area contributed by atoms with Crippen molar-refractivity contribution in [2.45, 2.75) is 19.9 Å². The van der Waals surface area contributed by atoms with Crippen LogP contribution in [0.2, 0.25) is 0 Å². The van der Waals surface area contributed by atoms with Crippen LogP contribution in [0.4, 0.5) is 0 Å². The molecule has 0 radical (unpaired) electrons. The highest BCUT2D eigenvalue weighted by Gasteiger charge is 2.24. The Balaban J connectivity index is 2.87. The van der Waals surface area contributed by atoms with E-state index in [-0.39, 0.29) is 17.7 Å². The lowest BCUT2D eigenvalue weighted by Crippen LogP contribution is -2.50. The highest BCUT2D eigenvalue weighted by Crippen LogP contribution is 2.22. The highest BCUT2D eigenvalue weighted by molar-refractivity contribution is 5.98. The molecule has 0 fully saturated rings. The molecule has 7 nitrogen and oxygen atoms in total. The number of methoxy groups -OCH3 is 2. The van der Waals surface area contributed by atoms with Gasteiger partial charge < -0.3 is 25.4 Å². The Bertz CT molecular complexity index is 539. The van der Waals surface area contributed by atoms with Crippen molar-refractivity contribution in [3.05, 3.63) is 23.8 Å². The fourth-order valence-corrected chi connectivity index (χ4v) is 2.12. The van der Waals surface area contributed by atoms with Gasteiger partial charge in [0, 0.05) is 24.7 Å². The van der Waals surface area contributed by atoms with Gasteiger partial charge >= 0.3 is 0 Å². The minimum absolute atomic E-state index is 0.0453. The maximum absolute atomic E-state index is 12.5. The second kappa shape index (κ2) is 9.77. The fourth-order valence-electron chi connectivity index (χ4n) is 2.12. The molecule has 0 saturated heterocycles. The van der Waals surface area contributed by atoms with Crippen molar-refractivity contribution in [2.24, 2.45) is 5.92 Å². The third kappa shape index (κ3) is 5.73. The summed E-state index contributed by atoms with van der Waals surface area (Å²) in [5, 5.41) is 8.53. The van der Waals surface area contributed by atoms with E-state index in [2.05, 4.69) is 16.0 Å². The average molecular weight is 337 g/mol. The number of ether oxygens (including phenoxy) is 2. The maximum Gasteiger partial charge on any atom is 0.252 e. The minimum Gasteiger partial charge on any atom is -0.497 e. The maximum atomic E-state index is 12.5. The summed E-state index contributed by atoms with van der Waals surface area (Å²) in [6.07, 6.45) is 0. The Morgan fingerprint density at radius 1 is 1.04 bits per heavy atom. The van der Waals surface area contributed by atoms with Crippen molar-refractivity contribution >= 4 is 11.8 Å². The topological polar surface area (TPSA) is 88.7 Å². The first-order valence-electron chi connectivity index (χ1n) is 7.89. The Morgan fingerprint density at radius 2 is 1.62 bits per heavy atom. The van der Waals surface area contributed by atoms with Crippen LogP contribution in [0.15, 0.2) is 18.2 Å². The van der Waals surface area contributed by atoms with Gasteiger partial charge in [0.2, 0.25) is 5.91 Å². The molecule has 24 heavy (non-hydrogen) atoms. The third-order valence-corrected chi connectivity index (χ3v) is 3.52. The summed E-state index contributed by atoms with van der Waals surface area (Å²) in [7, 11) is 4.84. The molecule has 1 rings (SSSR count). The Labute approximate surface area is 143 Å². The van der Waals surface area contributed by atoms with E-state index < -0.39 is 6.04 Å². The zero-order valence-corrected chi connectivity index (χ0v) is 14.9. The summed E-state index contributed by atoms with van der Waals surface area (Å²) in [5.74, 6) is 0.423. The van der Waals surface area contributed by atoms with Crippen molar-refractivity contribution in [1.29, 1.82) is 0 Å². The van der Waals surface area contributed by atoms with E-state index in [1.807, 2.05) is 20.9 Å². The van der Waals surface area contributed by atoms with Gasteiger partial charge in [-0.1, -0.05) is 13.8 Å². The van der Waals surface area contributed by atoms with Gasteiger partial charge in [0.25, 0.3) is 5.91 Å². The van der Waals surface area contributed by atoms with E-state index in [4.69, 9.17) is 9.47 Å². The van der Waals surface area contributed by atoms with Crippen LogP contribution in [0.5, 0.6) is 11.5 Å². The summed E-state index contributed by atoms with van der Waals surface area (Å²) in [6, 6.07) is 4.27. The summed E-state index contributed by atoms with van der Waals surface area (Å²) in [5.41, 5.74) is 0.375. The molecule has 0 saturated carbocycles. The Morgan fingerprint density at radius 3 is 2.08 bits per heavy atom. The largest absolute Gasteiger partial charge is 0.497 e. The van der Waals surface area contributed by atoms with Crippen LogP contribution in [0, 0.1) is 5.92 Å². The third-order valence-electron chi connectivity index (χ3n) is 3.52. The second-order valence-electron chi connectivity index (χ2n) is 5.69. The van der Waals surface area contributed by atoms with Gasteiger partial charge in [0.05, 0.1) is 14.2 Å². The van der Waals surface area contributed by atoms with Gasteiger partial charge in [-0.05, 0) is 25.1 Å². The van der Waals surface area contributed by atoms with Crippen LogP contribution in [0.3, 0.4) is 0 Å². The molecule has 0 aliphatic carbocycles. The number of benzene rings is 1. The van der Waals surface area contributed by atoms with Gasteiger partial charge in [0.1, 0.15) is 17.5 Å². The zero-order valence-electron chi connectivity index (χ0n) is 14.9. The summed E-state index contributed by atoms with van der Waals surface area (Å²) >= 11 is 0. The highest BCUT2D eigenvalue weighted by atomic mass is 16.5. The molecule has 1 aromatic rings. The number of hydrogen-bond acceptors (Lipinski definition) is 5. The molecular formula is C17H27N3O4. The molecule has 2 amide bonds. The fraction of sp³-hybridized carbons (Fsp3) is 0.529. The van der Waals surface area contributed by atoms with E-state index in [1.165, 1.54) is 14.2 Å². The molecule has 0 aromatic heterocycles. The molecule has 1 atom stereocenters. The molecule has 3 N–H and O–H groups in total. The van der Waals surface area contributed by atoms with Gasteiger partial charge in [-0.2, -0.15) is 0 Å². The van der Waals surface area contributed by atoms with Crippen molar-refractivity contribution in [3.8, 4) is 11.5 Å². The van der Waals surface area contributed by atoms with Crippen molar-refractivity contribution < 1.29 is 19.1 Å². The van der Waals surface area contributed by atoms with Crippen molar-refractivity contribution in [1.82, 2.24) is 16.0 Å². The monoisotopic (exact) mass is 337 g/mol. The average Bonchev–Trinajstić information content (AvgIpc) is 2.58. The molecule has 0 spiro atoms. The van der Waals surface area contributed by atoms with Gasteiger partial charge in [0.15, 0.2) is 0 Å². The second-order valence-corrected chi connectivity index (χ2v) is 5.69. The van der Waals surface area contributed by atoms with E-state index in [9.17, 15) is 9.59 Å². The van der Waals surface area contributed by atoms with Crippen LogP contribution in [0.1, 0.15) is 24.2 Å². The standard InChI is InChI=1S/C17H27N3O4/c1-11(2)15(17(22)19-7-6-18-3)20-16(21)12-8-13(23-4)10-14(9-12)24-5/h8-11,15,18H,6-7H2,1-5H3,(H,19,22)(H,20,21). The predicted molar refractivity (Wildman–Crippen MR) is 92.6 cm³/mol. The first-order valence-corrected chi connectivity index (χ1v) is 7.89. The van der Waals surface area contributed by atoms with Crippen LogP contribution < -0.4 is 25.4 Å². The minimum atomic E-state index is -0.619. The summed E-state index contributed by atoms with van der Waals surface area (Å²) in [4.78, 5) is 24.8. The van der Waals surface area contributed by atoms with Crippen LogP contribution in [-0.2, 0) is 4.79 Å². The molecule has 1 aromatic carbocycles. The molecule has 0 aliphatic heterocycles. The van der Waals surface area contributed by atoms with Crippen molar-refractivity contribution in [3.63, 3.8) is 0 Å². The molecule has 7 heteroatoms. The molecule has 0 bridgehead atoms. The molecule has 134 valence electrons. The first-order chi connectivity index (χ1) is 11.4. The summed E-state index contributed by atoms with van der Waals surface area (Å²) in [6.45, 7) is 4.93. The number of rotatable bonds is 9. The summed E-state index contributed by atoms with van der Waals surface area (Å²) < 4.78 is 10.3. The predicted octanol–water partition coefficient (Wildman–Crippen LogP) is 0.794. The number of nitrogens with one attached hydrogen (secondary N) is 3. The van der Waals surface area contributed by atoms with Crippen molar-refractivity contribution in [2.75, 3.05) is 34.4 Å². The molecular weight excluding hydrogens is 310 g/mol. The SMILES string of the molecule is CNCCNC(=O)C(NC(=O)c1cc(OC)cc(OC)c1)C(C)C. The van der Waals surface area contributed by atoms with E-state index >= 15 is 0 Å². The first kappa shape index (κ1) is 19.8. The number of amides is 2. The van der Waals surface area contributed by atoms with Crippen LogP contribution >= 0.6 is 0 Å².